The first-order valence-corrected chi connectivity index (χ1v) is 8.66. The maximum absolute atomic E-state index is 6.19. The second-order valence-corrected chi connectivity index (χ2v) is 6.07. The first-order chi connectivity index (χ1) is 11.2. The van der Waals surface area contributed by atoms with Gasteiger partial charge in [0.1, 0.15) is 0 Å². The highest BCUT2D eigenvalue weighted by atomic mass is 35.5. The zero-order chi connectivity index (χ0) is 16.5. The maximum Gasteiger partial charge on any atom is 0.191 e. The Morgan fingerprint density at radius 3 is 2.74 bits per heavy atom. The van der Waals surface area contributed by atoms with Crippen LogP contribution in [0.5, 0.6) is 0 Å². The smallest absolute Gasteiger partial charge is 0.191 e. The van der Waals surface area contributed by atoms with Gasteiger partial charge in [0.15, 0.2) is 5.96 Å². The van der Waals surface area contributed by atoms with E-state index in [0.29, 0.717) is 12.6 Å². The number of halogens is 1. The molecule has 1 aromatic carbocycles. The van der Waals surface area contributed by atoms with Gasteiger partial charge in [-0.3, -0.25) is 4.90 Å². The van der Waals surface area contributed by atoms with E-state index in [1.807, 2.05) is 24.3 Å². The first kappa shape index (κ1) is 18.0. The van der Waals surface area contributed by atoms with Gasteiger partial charge in [0.05, 0.1) is 19.8 Å². The molecule has 2 N–H and O–H groups in total. The molecule has 6 heteroatoms. The van der Waals surface area contributed by atoms with Gasteiger partial charge in [0.25, 0.3) is 0 Å². The fourth-order valence-corrected chi connectivity index (χ4v) is 2.72. The van der Waals surface area contributed by atoms with Crippen LogP contribution in [0.25, 0.3) is 0 Å². The van der Waals surface area contributed by atoms with Crippen LogP contribution in [-0.2, 0) is 11.3 Å². The summed E-state index contributed by atoms with van der Waals surface area (Å²) in [5.41, 5.74) is 1.03. The lowest BCUT2D eigenvalue weighted by Crippen LogP contribution is -2.49. The molecule has 1 fully saturated rings. The number of hydrogen-bond donors (Lipinski definition) is 2. The third kappa shape index (κ3) is 6.01. The van der Waals surface area contributed by atoms with Crippen LogP contribution in [0, 0.1) is 0 Å². The van der Waals surface area contributed by atoms with Crippen molar-refractivity contribution in [2.24, 2.45) is 4.99 Å². The van der Waals surface area contributed by atoms with Crippen LogP contribution < -0.4 is 10.6 Å². The Morgan fingerprint density at radius 1 is 1.30 bits per heavy atom. The molecular weight excluding hydrogens is 312 g/mol. The molecule has 2 rings (SSSR count). The molecule has 0 aliphatic carbocycles. The highest BCUT2D eigenvalue weighted by Crippen LogP contribution is 2.15. The van der Waals surface area contributed by atoms with Crippen molar-refractivity contribution in [1.82, 2.24) is 15.5 Å². The molecule has 1 aromatic rings. The summed E-state index contributed by atoms with van der Waals surface area (Å²) in [4.78, 5) is 7.07. The van der Waals surface area contributed by atoms with Gasteiger partial charge in [-0.2, -0.15) is 0 Å². The van der Waals surface area contributed by atoms with Crippen molar-refractivity contribution in [3.05, 3.63) is 34.9 Å². The number of ether oxygens (including phenoxy) is 1. The second-order valence-electron chi connectivity index (χ2n) is 5.66. The van der Waals surface area contributed by atoms with E-state index in [2.05, 4.69) is 34.4 Å². The van der Waals surface area contributed by atoms with Crippen LogP contribution >= 0.6 is 11.6 Å². The van der Waals surface area contributed by atoms with E-state index in [1.165, 1.54) is 0 Å². The first-order valence-electron chi connectivity index (χ1n) is 8.28. The molecule has 0 radical (unpaired) electrons. The van der Waals surface area contributed by atoms with Crippen molar-refractivity contribution >= 4 is 17.6 Å². The van der Waals surface area contributed by atoms with Gasteiger partial charge in [0.2, 0.25) is 0 Å². The molecule has 1 unspecified atom stereocenters. The number of nitrogens with zero attached hydrogens (tertiary/aromatic N) is 2. The maximum atomic E-state index is 6.19. The van der Waals surface area contributed by atoms with Crippen LogP contribution in [-0.4, -0.2) is 56.3 Å². The molecule has 23 heavy (non-hydrogen) atoms. The summed E-state index contributed by atoms with van der Waals surface area (Å²) in [5.74, 6) is 0.826. The third-order valence-electron chi connectivity index (χ3n) is 3.94. The lowest BCUT2D eigenvalue weighted by Gasteiger charge is -2.32. The van der Waals surface area contributed by atoms with E-state index in [1.54, 1.807) is 0 Å². The molecule has 0 amide bonds. The Morgan fingerprint density at radius 2 is 2.04 bits per heavy atom. The number of hydrogen-bond acceptors (Lipinski definition) is 3. The third-order valence-corrected chi connectivity index (χ3v) is 4.31. The molecule has 0 aromatic heterocycles. The van der Waals surface area contributed by atoms with Gasteiger partial charge in [-0.1, -0.05) is 29.8 Å². The monoisotopic (exact) mass is 338 g/mol. The van der Waals surface area contributed by atoms with E-state index >= 15 is 0 Å². The number of benzene rings is 1. The van der Waals surface area contributed by atoms with Gasteiger partial charge < -0.3 is 15.4 Å². The normalized spacial score (nSPS) is 17.8. The Balaban J connectivity index is 1.87. The lowest BCUT2D eigenvalue weighted by molar-refractivity contribution is 0.0211. The van der Waals surface area contributed by atoms with E-state index in [9.17, 15) is 0 Å². The summed E-state index contributed by atoms with van der Waals surface area (Å²) in [6.07, 6.45) is 0. The molecule has 1 aliphatic heterocycles. The molecule has 1 atom stereocenters. The Kier molecular flexibility index (Phi) is 7.65. The number of aliphatic imine (C=N–C) groups is 1. The summed E-state index contributed by atoms with van der Waals surface area (Å²) < 4.78 is 5.40. The van der Waals surface area contributed by atoms with Gasteiger partial charge in [-0.05, 0) is 25.5 Å². The minimum absolute atomic E-state index is 0.447. The van der Waals surface area contributed by atoms with Crippen LogP contribution in [0.2, 0.25) is 5.02 Å². The Labute approximate surface area is 144 Å². The van der Waals surface area contributed by atoms with E-state index < -0.39 is 0 Å². The topological polar surface area (TPSA) is 48.9 Å². The summed E-state index contributed by atoms with van der Waals surface area (Å²) in [6.45, 7) is 10.2. The molecule has 5 nitrogen and oxygen atoms in total. The SMILES string of the molecule is CCNC(=NCc1ccccc1Cl)NCC(C)N1CCOCC1. The predicted molar refractivity (Wildman–Crippen MR) is 96.1 cm³/mol. The Bertz CT molecular complexity index is 503. The van der Waals surface area contributed by atoms with Crippen molar-refractivity contribution in [2.45, 2.75) is 26.4 Å². The molecule has 128 valence electrons. The second kappa shape index (κ2) is 9.75. The van der Waals surface area contributed by atoms with Crippen molar-refractivity contribution in [3.63, 3.8) is 0 Å². The van der Waals surface area contributed by atoms with Crippen molar-refractivity contribution in [1.29, 1.82) is 0 Å². The summed E-state index contributed by atoms with van der Waals surface area (Å²) in [7, 11) is 0. The van der Waals surface area contributed by atoms with Crippen molar-refractivity contribution in [3.8, 4) is 0 Å². The molecule has 0 bridgehead atoms. The van der Waals surface area contributed by atoms with Gasteiger partial charge in [0, 0.05) is 37.2 Å². The fourth-order valence-electron chi connectivity index (χ4n) is 2.52. The zero-order valence-corrected chi connectivity index (χ0v) is 14.8. The van der Waals surface area contributed by atoms with Crippen molar-refractivity contribution in [2.75, 3.05) is 39.4 Å². The van der Waals surface area contributed by atoms with Crippen molar-refractivity contribution < 1.29 is 4.74 Å². The van der Waals surface area contributed by atoms with Gasteiger partial charge in [-0.15, -0.1) is 0 Å². The highest BCUT2D eigenvalue weighted by molar-refractivity contribution is 6.31. The summed E-state index contributed by atoms with van der Waals surface area (Å²) in [5, 5.41) is 7.46. The Hall–Kier alpha value is -1.30. The molecule has 0 saturated carbocycles. The fraction of sp³-hybridized carbons (Fsp3) is 0.588. The zero-order valence-electron chi connectivity index (χ0n) is 14.0. The number of rotatable bonds is 6. The highest BCUT2D eigenvalue weighted by Gasteiger charge is 2.16. The standard InChI is InChI=1S/C17H27ClN4O/c1-3-19-17(21-13-15-6-4-5-7-16(15)18)20-12-14(2)22-8-10-23-11-9-22/h4-7,14H,3,8-13H2,1-2H3,(H2,19,20,21). The van der Waals surface area contributed by atoms with Gasteiger partial charge in [-0.25, -0.2) is 4.99 Å². The molecule has 0 spiro atoms. The summed E-state index contributed by atoms with van der Waals surface area (Å²) >= 11 is 6.19. The minimum atomic E-state index is 0.447. The van der Waals surface area contributed by atoms with Crippen LogP contribution in [0.1, 0.15) is 19.4 Å². The molecule has 1 saturated heterocycles. The quantitative estimate of drug-likeness (QED) is 0.616. The van der Waals surface area contributed by atoms with E-state index in [-0.39, 0.29) is 0 Å². The average Bonchev–Trinajstić information content (AvgIpc) is 2.59. The number of morpholine rings is 1. The van der Waals surface area contributed by atoms with Crippen LogP contribution in [0.4, 0.5) is 0 Å². The van der Waals surface area contributed by atoms with Gasteiger partial charge >= 0.3 is 0 Å². The lowest BCUT2D eigenvalue weighted by atomic mass is 10.2. The average molecular weight is 339 g/mol. The minimum Gasteiger partial charge on any atom is -0.379 e. The number of guanidine groups is 1. The van der Waals surface area contributed by atoms with E-state index in [0.717, 1.165) is 55.9 Å². The number of nitrogens with one attached hydrogen (secondary N) is 2. The molecule has 1 aliphatic rings. The van der Waals surface area contributed by atoms with E-state index in [4.69, 9.17) is 16.3 Å². The largest absolute Gasteiger partial charge is 0.379 e. The van der Waals surface area contributed by atoms with Crippen LogP contribution in [0.15, 0.2) is 29.3 Å². The summed E-state index contributed by atoms with van der Waals surface area (Å²) in [6, 6.07) is 8.27. The predicted octanol–water partition coefficient (Wildman–Crippen LogP) is 2.12. The molecular formula is C17H27ClN4O. The van der Waals surface area contributed by atoms with Crippen LogP contribution in [0.3, 0.4) is 0 Å². The molecule has 1 heterocycles.